The van der Waals surface area contributed by atoms with Gasteiger partial charge in [0.15, 0.2) is 0 Å². The van der Waals surface area contributed by atoms with E-state index < -0.39 is 10.0 Å². The van der Waals surface area contributed by atoms with Crippen molar-refractivity contribution in [1.82, 2.24) is 0 Å². The molecule has 0 unspecified atom stereocenters. The maximum Gasteiger partial charge on any atom is 0.273 e. The molecule has 8 heteroatoms. The third-order valence-electron chi connectivity index (χ3n) is 4.81. The Morgan fingerprint density at radius 2 is 1.97 bits per heavy atom. The van der Waals surface area contributed by atoms with Gasteiger partial charge in [-0.1, -0.05) is 24.3 Å². The Balaban J connectivity index is 1.66. The average Bonchev–Trinajstić information content (AvgIpc) is 3.29. The van der Waals surface area contributed by atoms with Crippen LogP contribution >= 0.6 is 11.3 Å². The molecule has 0 atom stereocenters. The molecule has 1 aliphatic heterocycles. The molecule has 3 aromatic rings. The standard InChI is InChI=1S/C21H20N2O4S2/c1-27-19-8-3-2-7-17(19)21(24)22-16-11-10-15-6-4-12-23(18(15)14-16)29(25,26)20-9-5-13-28-20/h2-3,5,7-11,13-14H,4,6,12H2,1H3,(H,22,24). The lowest BCUT2D eigenvalue weighted by Gasteiger charge is -2.30. The number of benzene rings is 2. The normalized spacial score (nSPS) is 13.6. The number of carbonyl (C=O) groups is 1. The van der Waals surface area contributed by atoms with Crippen LogP contribution in [-0.4, -0.2) is 28.0 Å². The molecule has 0 bridgehead atoms. The summed E-state index contributed by atoms with van der Waals surface area (Å²) in [5, 5.41) is 4.60. The number of carbonyl (C=O) groups excluding carboxylic acids is 1. The molecular formula is C21H20N2O4S2. The van der Waals surface area contributed by atoms with E-state index in [2.05, 4.69) is 5.32 Å². The number of methoxy groups -OCH3 is 1. The van der Waals surface area contributed by atoms with E-state index in [1.165, 1.54) is 22.8 Å². The Hall–Kier alpha value is -2.84. The van der Waals surface area contributed by atoms with E-state index in [0.29, 0.717) is 33.4 Å². The zero-order chi connectivity index (χ0) is 20.4. The van der Waals surface area contributed by atoms with E-state index in [-0.39, 0.29) is 5.91 Å². The predicted molar refractivity (Wildman–Crippen MR) is 115 cm³/mol. The van der Waals surface area contributed by atoms with Crippen LogP contribution in [0.1, 0.15) is 22.3 Å². The molecule has 1 amide bonds. The summed E-state index contributed by atoms with van der Waals surface area (Å²) >= 11 is 1.20. The maximum absolute atomic E-state index is 13.1. The smallest absolute Gasteiger partial charge is 0.273 e. The minimum absolute atomic E-state index is 0.314. The fraction of sp³-hybridized carbons (Fsp3) is 0.190. The van der Waals surface area contributed by atoms with Crippen LogP contribution < -0.4 is 14.4 Å². The maximum atomic E-state index is 13.1. The van der Waals surface area contributed by atoms with Gasteiger partial charge >= 0.3 is 0 Å². The highest BCUT2D eigenvalue weighted by atomic mass is 32.2. The van der Waals surface area contributed by atoms with Gasteiger partial charge in [0.2, 0.25) is 0 Å². The van der Waals surface area contributed by atoms with E-state index in [9.17, 15) is 13.2 Å². The van der Waals surface area contributed by atoms with Crippen LogP contribution in [0, 0.1) is 0 Å². The number of sulfonamides is 1. The van der Waals surface area contributed by atoms with Crippen molar-refractivity contribution in [2.45, 2.75) is 17.1 Å². The molecule has 0 aliphatic carbocycles. The monoisotopic (exact) mass is 428 g/mol. The van der Waals surface area contributed by atoms with Gasteiger partial charge in [0.1, 0.15) is 9.96 Å². The number of hydrogen-bond acceptors (Lipinski definition) is 5. The molecule has 150 valence electrons. The Labute approximate surface area is 173 Å². The van der Waals surface area contributed by atoms with Gasteiger partial charge < -0.3 is 10.1 Å². The quantitative estimate of drug-likeness (QED) is 0.662. The Kier molecular flexibility index (Phi) is 5.29. The fourth-order valence-electron chi connectivity index (χ4n) is 3.42. The lowest BCUT2D eigenvalue weighted by atomic mass is 10.0. The summed E-state index contributed by atoms with van der Waals surface area (Å²) in [6.45, 7) is 0.414. The molecule has 1 N–H and O–H groups in total. The number of para-hydroxylation sites is 1. The number of thiophene rings is 1. The predicted octanol–water partition coefficient (Wildman–Crippen LogP) is 4.15. The van der Waals surface area contributed by atoms with Crippen LogP contribution in [0.3, 0.4) is 0 Å². The molecule has 0 spiro atoms. The molecular weight excluding hydrogens is 408 g/mol. The second-order valence-corrected chi connectivity index (χ2v) is 9.65. The van der Waals surface area contributed by atoms with Crippen LogP contribution in [0.4, 0.5) is 11.4 Å². The molecule has 0 saturated carbocycles. The van der Waals surface area contributed by atoms with Gasteiger partial charge in [-0.15, -0.1) is 11.3 Å². The SMILES string of the molecule is COc1ccccc1C(=O)Nc1ccc2c(c1)N(S(=O)(=O)c1cccs1)CCC2. The van der Waals surface area contributed by atoms with Crippen molar-refractivity contribution in [3.8, 4) is 5.75 Å². The van der Waals surface area contributed by atoms with Gasteiger partial charge in [0, 0.05) is 12.2 Å². The molecule has 6 nitrogen and oxygen atoms in total. The van der Waals surface area contributed by atoms with Gasteiger partial charge in [0.25, 0.3) is 15.9 Å². The van der Waals surface area contributed by atoms with Crippen molar-refractivity contribution in [1.29, 1.82) is 0 Å². The molecule has 29 heavy (non-hydrogen) atoms. The lowest BCUT2D eigenvalue weighted by Crippen LogP contribution is -2.35. The Bertz CT molecular complexity index is 1140. The summed E-state index contributed by atoms with van der Waals surface area (Å²) < 4.78 is 33.2. The van der Waals surface area contributed by atoms with Crippen LogP contribution in [-0.2, 0) is 16.4 Å². The van der Waals surface area contributed by atoms with Crippen molar-refractivity contribution in [2.75, 3.05) is 23.3 Å². The van der Waals surface area contributed by atoms with Crippen molar-refractivity contribution in [3.05, 3.63) is 71.1 Å². The molecule has 0 fully saturated rings. The molecule has 2 heterocycles. The van der Waals surface area contributed by atoms with Gasteiger partial charge in [0.05, 0.1) is 18.4 Å². The summed E-state index contributed by atoms with van der Waals surface area (Å²) in [5.41, 5.74) is 2.51. The first-order valence-corrected chi connectivity index (χ1v) is 11.5. The van der Waals surface area contributed by atoms with E-state index in [1.54, 1.807) is 53.9 Å². The van der Waals surface area contributed by atoms with Gasteiger partial charge in [-0.3, -0.25) is 9.10 Å². The van der Waals surface area contributed by atoms with E-state index in [4.69, 9.17) is 4.74 Å². The first-order chi connectivity index (χ1) is 14.0. The second kappa shape index (κ2) is 7.88. The second-order valence-electron chi connectivity index (χ2n) is 6.61. The summed E-state index contributed by atoms with van der Waals surface area (Å²) in [6.07, 6.45) is 1.55. The number of aryl methyl sites for hydroxylation is 1. The summed E-state index contributed by atoms with van der Waals surface area (Å²) in [5.74, 6) is 0.163. The Morgan fingerprint density at radius 1 is 1.14 bits per heavy atom. The van der Waals surface area contributed by atoms with Crippen molar-refractivity contribution < 1.29 is 17.9 Å². The highest BCUT2D eigenvalue weighted by Gasteiger charge is 2.30. The highest BCUT2D eigenvalue weighted by molar-refractivity contribution is 7.94. The fourth-order valence-corrected chi connectivity index (χ4v) is 6.06. The van der Waals surface area contributed by atoms with Crippen LogP contribution in [0.5, 0.6) is 5.75 Å². The van der Waals surface area contributed by atoms with Crippen LogP contribution in [0.2, 0.25) is 0 Å². The third kappa shape index (κ3) is 3.73. The number of nitrogens with one attached hydrogen (secondary N) is 1. The first-order valence-electron chi connectivity index (χ1n) is 9.14. The average molecular weight is 429 g/mol. The Morgan fingerprint density at radius 3 is 2.72 bits per heavy atom. The molecule has 2 aromatic carbocycles. The number of ether oxygens (including phenoxy) is 1. The molecule has 0 saturated heterocycles. The summed E-state index contributed by atoms with van der Waals surface area (Å²) in [7, 11) is -2.11. The number of nitrogens with zero attached hydrogens (tertiary/aromatic N) is 1. The van der Waals surface area contributed by atoms with E-state index >= 15 is 0 Å². The zero-order valence-corrected chi connectivity index (χ0v) is 17.4. The molecule has 1 aromatic heterocycles. The lowest BCUT2D eigenvalue weighted by molar-refractivity contribution is 0.102. The number of anilines is 2. The van der Waals surface area contributed by atoms with Crippen LogP contribution in [0.25, 0.3) is 0 Å². The highest BCUT2D eigenvalue weighted by Crippen LogP contribution is 2.35. The number of amides is 1. The topological polar surface area (TPSA) is 75.7 Å². The molecule has 1 aliphatic rings. The zero-order valence-electron chi connectivity index (χ0n) is 15.8. The largest absolute Gasteiger partial charge is 0.496 e. The summed E-state index contributed by atoms with van der Waals surface area (Å²) in [4.78, 5) is 12.7. The molecule has 4 rings (SSSR count). The van der Waals surface area contributed by atoms with Crippen LogP contribution in [0.15, 0.2) is 64.2 Å². The first kappa shape index (κ1) is 19.5. The third-order valence-corrected chi connectivity index (χ3v) is 8.00. The van der Waals surface area contributed by atoms with E-state index in [1.807, 2.05) is 6.07 Å². The molecule has 0 radical (unpaired) electrons. The van der Waals surface area contributed by atoms with E-state index in [0.717, 1.165) is 18.4 Å². The van der Waals surface area contributed by atoms with Gasteiger partial charge in [-0.2, -0.15) is 0 Å². The van der Waals surface area contributed by atoms with Crippen molar-refractivity contribution in [3.63, 3.8) is 0 Å². The minimum atomic E-state index is -3.62. The number of hydrogen-bond donors (Lipinski definition) is 1. The van der Waals surface area contributed by atoms with Gasteiger partial charge in [-0.25, -0.2) is 8.42 Å². The number of rotatable bonds is 5. The summed E-state index contributed by atoms with van der Waals surface area (Å²) in [6, 6.07) is 15.7. The number of fused-ring (bicyclic) bond motifs is 1. The van der Waals surface area contributed by atoms with Gasteiger partial charge in [-0.05, 0) is 54.1 Å². The van der Waals surface area contributed by atoms with Crippen molar-refractivity contribution in [2.24, 2.45) is 0 Å². The minimum Gasteiger partial charge on any atom is -0.496 e. The van der Waals surface area contributed by atoms with Crippen molar-refractivity contribution >= 4 is 38.6 Å².